The molecular formula is C22H20FN5O. The SMILES string of the molecule is Cn1ccnc1[C@@H](NC(=O)Cc1cnn(-c2ccccc2)c1)c1ccccc1F. The van der Waals surface area contributed by atoms with Gasteiger partial charge < -0.3 is 9.88 Å². The topological polar surface area (TPSA) is 64.7 Å². The van der Waals surface area contributed by atoms with E-state index in [2.05, 4.69) is 15.4 Å². The van der Waals surface area contributed by atoms with Crippen molar-refractivity contribution in [3.8, 4) is 5.69 Å². The molecule has 2 aromatic heterocycles. The third-order valence-electron chi connectivity index (χ3n) is 4.66. The second kappa shape index (κ2) is 8.10. The van der Waals surface area contributed by atoms with Crippen LogP contribution in [0.25, 0.3) is 5.69 Å². The number of imidazole rings is 1. The van der Waals surface area contributed by atoms with Gasteiger partial charge in [0.15, 0.2) is 0 Å². The summed E-state index contributed by atoms with van der Waals surface area (Å²) in [4.78, 5) is 17.1. The van der Waals surface area contributed by atoms with Gasteiger partial charge >= 0.3 is 0 Å². The van der Waals surface area contributed by atoms with E-state index in [9.17, 15) is 9.18 Å². The summed E-state index contributed by atoms with van der Waals surface area (Å²) in [5.41, 5.74) is 2.05. The number of rotatable bonds is 6. The fourth-order valence-corrected chi connectivity index (χ4v) is 3.22. The summed E-state index contributed by atoms with van der Waals surface area (Å²) in [6.07, 6.45) is 6.99. The Morgan fingerprint density at radius 3 is 2.62 bits per heavy atom. The number of carbonyl (C=O) groups is 1. The molecule has 4 rings (SSSR count). The van der Waals surface area contributed by atoms with E-state index in [0.717, 1.165) is 11.3 Å². The molecule has 0 unspecified atom stereocenters. The molecule has 0 saturated heterocycles. The van der Waals surface area contributed by atoms with Gasteiger partial charge in [0.05, 0.1) is 18.3 Å². The number of para-hydroxylation sites is 1. The van der Waals surface area contributed by atoms with E-state index in [-0.39, 0.29) is 12.3 Å². The number of halogens is 1. The van der Waals surface area contributed by atoms with Gasteiger partial charge in [-0.15, -0.1) is 0 Å². The van der Waals surface area contributed by atoms with Gasteiger partial charge in [0.1, 0.15) is 17.7 Å². The van der Waals surface area contributed by atoms with Crippen molar-refractivity contribution in [2.24, 2.45) is 7.05 Å². The fraction of sp³-hybridized carbons (Fsp3) is 0.136. The summed E-state index contributed by atoms with van der Waals surface area (Å²) in [5, 5.41) is 7.23. The van der Waals surface area contributed by atoms with Crippen molar-refractivity contribution in [3.63, 3.8) is 0 Å². The maximum atomic E-state index is 14.4. The second-order valence-electron chi connectivity index (χ2n) is 6.72. The lowest BCUT2D eigenvalue weighted by Gasteiger charge is -2.19. The third kappa shape index (κ3) is 4.08. The molecule has 146 valence electrons. The zero-order chi connectivity index (χ0) is 20.2. The maximum absolute atomic E-state index is 14.4. The monoisotopic (exact) mass is 389 g/mol. The van der Waals surface area contributed by atoms with Crippen LogP contribution in [0.3, 0.4) is 0 Å². The van der Waals surface area contributed by atoms with Crippen LogP contribution in [0.1, 0.15) is 23.0 Å². The van der Waals surface area contributed by atoms with Gasteiger partial charge in [-0.3, -0.25) is 4.79 Å². The molecule has 0 aliphatic carbocycles. The molecule has 7 heteroatoms. The highest BCUT2D eigenvalue weighted by Gasteiger charge is 2.23. The van der Waals surface area contributed by atoms with Gasteiger partial charge in [-0.2, -0.15) is 5.10 Å². The van der Waals surface area contributed by atoms with Crippen LogP contribution < -0.4 is 5.32 Å². The Morgan fingerprint density at radius 1 is 1.14 bits per heavy atom. The zero-order valence-corrected chi connectivity index (χ0v) is 15.9. The molecule has 0 fully saturated rings. The van der Waals surface area contributed by atoms with Crippen LogP contribution in [0.4, 0.5) is 4.39 Å². The molecule has 0 spiro atoms. The largest absolute Gasteiger partial charge is 0.342 e. The number of hydrogen-bond donors (Lipinski definition) is 1. The molecule has 0 radical (unpaired) electrons. The molecule has 0 aliphatic rings. The minimum atomic E-state index is -0.687. The van der Waals surface area contributed by atoms with E-state index in [1.54, 1.807) is 46.0 Å². The Kier molecular flexibility index (Phi) is 5.20. The quantitative estimate of drug-likeness (QED) is 0.551. The third-order valence-corrected chi connectivity index (χ3v) is 4.66. The lowest BCUT2D eigenvalue weighted by molar-refractivity contribution is -0.121. The minimum absolute atomic E-state index is 0.127. The van der Waals surface area contributed by atoms with Crippen molar-refractivity contribution < 1.29 is 9.18 Å². The molecule has 1 amide bonds. The van der Waals surface area contributed by atoms with Crippen LogP contribution >= 0.6 is 0 Å². The smallest absolute Gasteiger partial charge is 0.225 e. The Morgan fingerprint density at radius 2 is 1.90 bits per heavy atom. The van der Waals surface area contributed by atoms with E-state index in [4.69, 9.17) is 0 Å². The highest BCUT2D eigenvalue weighted by atomic mass is 19.1. The minimum Gasteiger partial charge on any atom is -0.342 e. The summed E-state index contributed by atoms with van der Waals surface area (Å²) in [5.74, 6) is -0.0741. The first kappa shape index (κ1) is 18.6. The Labute approximate surface area is 167 Å². The number of nitrogens with one attached hydrogen (secondary N) is 1. The second-order valence-corrected chi connectivity index (χ2v) is 6.72. The van der Waals surface area contributed by atoms with Gasteiger partial charge in [-0.25, -0.2) is 14.1 Å². The predicted octanol–water partition coefficient (Wildman–Crippen LogP) is 3.19. The van der Waals surface area contributed by atoms with Crippen LogP contribution in [0.2, 0.25) is 0 Å². The molecule has 6 nitrogen and oxygen atoms in total. The van der Waals surface area contributed by atoms with Gasteiger partial charge in [-0.1, -0.05) is 36.4 Å². The molecule has 0 saturated carbocycles. The van der Waals surface area contributed by atoms with E-state index in [1.165, 1.54) is 6.07 Å². The summed E-state index contributed by atoms with van der Waals surface area (Å²) < 4.78 is 17.9. The lowest BCUT2D eigenvalue weighted by atomic mass is 10.0. The zero-order valence-electron chi connectivity index (χ0n) is 15.9. The molecule has 0 bridgehead atoms. The average Bonchev–Trinajstić information content (AvgIpc) is 3.36. The molecule has 1 atom stereocenters. The van der Waals surface area contributed by atoms with Crippen LogP contribution in [0.5, 0.6) is 0 Å². The number of carbonyl (C=O) groups excluding carboxylic acids is 1. The molecule has 0 aliphatic heterocycles. The van der Waals surface area contributed by atoms with Crippen molar-refractivity contribution in [2.45, 2.75) is 12.5 Å². The first-order valence-corrected chi connectivity index (χ1v) is 9.22. The molecule has 2 aromatic carbocycles. The number of nitrogens with zero attached hydrogens (tertiary/aromatic N) is 4. The van der Waals surface area contributed by atoms with Crippen molar-refractivity contribution in [1.82, 2.24) is 24.6 Å². The normalized spacial score (nSPS) is 11.9. The lowest BCUT2D eigenvalue weighted by Crippen LogP contribution is -2.32. The Hall–Kier alpha value is -3.74. The standard InChI is InChI=1S/C22H20FN5O/c1-27-12-11-24-22(27)21(18-9-5-6-10-19(18)23)26-20(29)13-16-14-25-28(15-16)17-7-3-2-4-8-17/h2-12,14-15,21H,13H2,1H3,(H,26,29)/t21-/m0/s1. The molecular weight excluding hydrogens is 369 g/mol. The number of aryl methyl sites for hydroxylation is 1. The summed E-state index contributed by atoms with van der Waals surface area (Å²) in [7, 11) is 1.81. The molecule has 4 aromatic rings. The van der Waals surface area contributed by atoms with E-state index in [0.29, 0.717) is 11.4 Å². The number of aromatic nitrogens is 4. The van der Waals surface area contributed by atoms with E-state index >= 15 is 0 Å². The first-order chi connectivity index (χ1) is 14.1. The highest BCUT2D eigenvalue weighted by Crippen LogP contribution is 2.23. The van der Waals surface area contributed by atoms with E-state index < -0.39 is 11.9 Å². The summed E-state index contributed by atoms with van der Waals surface area (Å²) in [6.45, 7) is 0. The maximum Gasteiger partial charge on any atom is 0.225 e. The first-order valence-electron chi connectivity index (χ1n) is 9.22. The number of hydrogen-bond acceptors (Lipinski definition) is 3. The van der Waals surface area contributed by atoms with Crippen LogP contribution in [0, 0.1) is 5.82 Å². The van der Waals surface area contributed by atoms with Crippen LogP contribution in [-0.4, -0.2) is 25.2 Å². The van der Waals surface area contributed by atoms with Gasteiger partial charge in [0.25, 0.3) is 0 Å². The molecule has 1 N–H and O–H groups in total. The molecule has 2 heterocycles. The Balaban J connectivity index is 1.54. The summed E-state index contributed by atoms with van der Waals surface area (Å²) in [6, 6.07) is 15.4. The van der Waals surface area contributed by atoms with Crippen molar-refractivity contribution in [1.29, 1.82) is 0 Å². The van der Waals surface area contributed by atoms with Crippen LogP contribution in [0.15, 0.2) is 79.4 Å². The van der Waals surface area contributed by atoms with Crippen molar-refractivity contribution >= 4 is 5.91 Å². The molecule has 29 heavy (non-hydrogen) atoms. The van der Waals surface area contributed by atoms with Gasteiger partial charge in [-0.05, 0) is 23.8 Å². The fourth-order valence-electron chi connectivity index (χ4n) is 3.22. The number of amides is 1. The predicted molar refractivity (Wildman–Crippen MR) is 107 cm³/mol. The van der Waals surface area contributed by atoms with Gasteiger partial charge in [0.2, 0.25) is 5.91 Å². The van der Waals surface area contributed by atoms with E-state index in [1.807, 2.05) is 43.6 Å². The van der Waals surface area contributed by atoms with Crippen LogP contribution in [-0.2, 0) is 18.3 Å². The average molecular weight is 389 g/mol. The van der Waals surface area contributed by atoms with Crippen molar-refractivity contribution in [3.05, 3.63) is 102 Å². The van der Waals surface area contributed by atoms with Gasteiger partial charge in [0, 0.05) is 31.2 Å². The Bertz CT molecular complexity index is 1120. The highest BCUT2D eigenvalue weighted by molar-refractivity contribution is 5.79. The number of benzene rings is 2. The van der Waals surface area contributed by atoms with Crippen molar-refractivity contribution in [2.75, 3.05) is 0 Å². The summed E-state index contributed by atoms with van der Waals surface area (Å²) >= 11 is 0.